The highest BCUT2D eigenvalue weighted by Gasteiger charge is 2.30. The Morgan fingerprint density at radius 2 is 1.78 bits per heavy atom. The predicted molar refractivity (Wildman–Crippen MR) is 106 cm³/mol. The molecule has 2 rings (SSSR count). The van der Waals surface area contributed by atoms with Crippen molar-refractivity contribution in [3.8, 4) is 0 Å². The Kier molecular flexibility index (Phi) is 7.89. The summed E-state index contributed by atoms with van der Waals surface area (Å²) in [4.78, 5) is 33.1. The number of carbonyl (C=O) groups is 2. The minimum absolute atomic E-state index is 0.0314. The third-order valence-electron chi connectivity index (χ3n) is 4.77. The fourth-order valence-corrected chi connectivity index (χ4v) is 3.14. The number of hydrogen-bond acceptors (Lipinski definition) is 4. The molecule has 0 saturated carbocycles. The number of rotatable bonds is 5. The predicted octanol–water partition coefficient (Wildman–Crippen LogP) is 0.437. The lowest BCUT2D eigenvalue weighted by Gasteiger charge is -2.37. The molecule has 0 aromatic rings. The molecule has 2 heterocycles. The van der Waals surface area contributed by atoms with E-state index in [1.165, 1.54) is 0 Å². The van der Waals surface area contributed by atoms with Crippen LogP contribution < -0.4 is 10.6 Å². The first-order valence-electron chi connectivity index (χ1n) is 10.0. The van der Waals surface area contributed by atoms with Gasteiger partial charge in [-0.25, -0.2) is 0 Å². The van der Waals surface area contributed by atoms with Crippen LogP contribution in [0.15, 0.2) is 4.99 Å². The van der Waals surface area contributed by atoms with Crippen LogP contribution in [0.2, 0.25) is 0 Å². The molecule has 0 aliphatic carbocycles. The smallest absolute Gasteiger partial charge is 0.251 e. The van der Waals surface area contributed by atoms with Crippen molar-refractivity contribution in [3.05, 3.63) is 0 Å². The van der Waals surface area contributed by atoms with Gasteiger partial charge in [0.1, 0.15) is 6.10 Å². The van der Waals surface area contributed by atoms with E-state index in [0.29, 0.717) is 32.8 Å². The molecule has 0 spiro atoms. The van der Waals surface area contributed by atoms with Crippen molar-refractivity contribution < 1.29 is 14.3 Å². The molecular formula is C19H35N5O3. The number of aliphatic imine (C=N–C) groups is 1. The highest BCUT2D eigenvalue weighted by molar-refractivity contribution is 5.83. The van der Waals surface area contributed by atoms with Crippen molar-refractivity contribution in [2.45, 2.75) is 46.6 Å². The zero-order valence-electron chi connectivity index (χ0n) is 17.2. The summed E-state index contributed by atoms with van der Waals surface area (Å²) in [6, 6.07) is 0. The van der Waals surface area contributed by atoms with Gasteiger partial charge >= 0.3 is 0 Å². The number of carbonyl (C=O) groups excluding carboxylic acids is 2. The van der Waals surface area contributed by atoms with Crippen molar-refractivity contribution in [2.24, 2.45) is 10.4 Å². The van der Waals surface area contributed by atoms with Crippen molar-refractivity contribution in [2.75, 3.05) is 52.4 Å². The van der Waals surface area contributed by atoms with Crippen LogP contribution in [0.4, 0.5) is 0 Å². The zero-order chi connectivity index (χ0) is 19.9. The van der Waals surface area contributed by atoms with Crippen LogP contribution in [0.3, 0.4) is 0 Å². The van der Waals surface area contributed by atoms with Gasteiger partial charge in [-0.05, 0) is 19.8 Å². The Bertz CT molecular complexity index is 530. The Morgan fingerprint density at radius 1 is 1.11 bits per heavy atom. The molecule has 0 radical (unpaired) electrons. The number of nitrogens with zero attached hydrogens (tertiary/aromatic N) is 3. The van der Waals surface area contributed by atoms with E-state index in [1.807, 2.05) is 32.6 Å². The van der Waals surface area contributed by atoms with Crippen molar-refractivity contribution in [1.29, 1.82) is 0 Å². The minimum Gasteiger partial charge on any atom is -0.368 e. The Balaban J connectivity index is 1.80. The molecule has 0 aromatic heterocycles. The van der Waals surface area contributed by atoms with Crippen molar-refractivity contribution in [1.82, 2.24) is 20.4 Å². The summed E-state index contributed by atoms with van der Waals surface area (Å²) >= 11 is 0. The maximum absolute atomic E-state index is 12.5. The van der Waals surface area contributed by atoms with Gasteiger partial charge in [0.25, 0.3) is 5.91 Å². The van der Waals surface area contributed by atoms with Crippen LogP contribution in [0, 0.1) is 5.41 Å². The largest absolute Gasteiger partial charge is 0.368 e. The lowest BCUT2D eigenvalue weighted by Crippen LogP contribution is -2.55. The molecule has 1 unspecified atom stereocenters. The second kappa shape index (κ2) is 9.92. The van der Waals surface area contributed by atoms with Gasteiger partial charge in [0.2, 0.25) is 5.91 Å². The van der Waals surface area contributed by atoms with Crippen LogP contribution in [0.25, 0.3) is 0 Å². The standard InChI is InChI=1S/C19H35N5O3/c1-5-20-18(22-9-8-21-17(26)19(2,3)4)24-12-10-23(11-13-24)16(25)15-7-6-14-27-15/h15H,5-14H2,1-4H3,(H,20,22)(H,21,26). The molecule has 2 aliphatic heterocycles. The summed E-state index contributed by atoms with van der Waals surface area (Å²) in [5.74, 6) is 0.995. The summed E-state index contributed by atoms with van der Waals surface area (Å²) in [7, 11) is 0. The lowest BCUT2D eigenvalue weighted by molar-refractivity contribution is -0.142. The van der Waals surface area contributed by atoms with E-state index in [-0.39, 0.29) is 23.3 Å². The summed E-state index contributed by atoms with van der Waals surface area (Å²) in [5.41, 5.74) is -0.389. The van der Waals surface area contributed by atoms with Crippen LogP contribution in [0.1, 0.15) is 40.5 Å². The Morgan fingerprint density at radius 3 is 2.33 bits per heavy atom. The van der Waals surface area contributed by atoms with E-state index < -0.39 is 0 Å². The van der Waals surface area contributed by atoms with E-state index in [0.717, 1.165) is 38.4 Å². The Labute approximate surface area is 162 Å². The minimum atomic E-state index is -0.389. The first-order valence-corrected chi connectivity index (χ1v) is 10.0. The van der Waals surface area contributed by atoms with Gasteiger partial charge < -0.3 is 25.2 Å². The highest BCUT2D eigenvalue weighted by atomic mass is 16.5. The summed E-state index contributed by atoms with van der Waals surface area (Å²) in [6.07, 6.45) is 1.56. The molecule has 2 saturated heterocycles. The first kappa shape index (κ1) is 21.5. The highest BCUT2D eigenvalue weighted by Crippen LogP contribution is 2.16. The van der Waals surface area contributed by atoms with Crippen LogP contribution in [-0.2, 0) is 14.3 Å². The summed E-state index contributed by atoms with van der Waals surface area (Å²) in [5, 5.41) is 6.22. The molecule has 154 valence electrons. The molecular weight excluding hydrogens is 346 g/mol. The molecule has 2 N–H and O–H groups in total. The fourth-order valence-electron chi connectivity index (χ4n) is 3.14. The molecule has 2 aliphatic rings. The number of piperazine rings is 1. The van der Waals surface area contributed by atoms with E-state index in [2.05, 4.69) is 20.5 Å². The van der Waals surface area contributed by atoms with Crippen LogP contribution in [-0.4, -0.2) is 86.1 Å². The quantitative estimate of drug-likeness (QED) is 0.410. The monoisotopic (exact) mass is 381 g/mol. The zero-order valence-corrected chi connectivity index (χ0v) is 17.2. The van der Waals surface area contributed by atoms with E-state index in [4.69, 9.17) is 4.74 Å². The second-order valence-electron chi connectivity index (χ2n) is 8.06. The van der Waals surface area contributed by atoms with E-state index in [1.54, 1.807) is 0 Å². The molecule has 8 heteroatoms. The number of nitrogens with one attached hydrogen (secondary N) is 2. The molecule has 0 bridgehead atoms. The molecule has 2 fully saturated rings. The summed E-state index contributed by atoms with van der Waals surface area (Å²) < 4.78 is 5.51. The fraction of sp³-hybridized carbons (Fsp3) is 0.842. The molecule has 8 nitrogen and oxygen atoms in total. The second-order valence-corrected chi connectivity index (χ2v) is 8.06. The number of guanidine groups is 1. The average molecular weight is 382 g/mol. The van der Waals surface area contributed by atoms with E-state index >= 15 is 0 Å². The van der Waals surface area contributed by atoms with Gasteiger partial charge in [0.05, 0.1) is 6.54 Å². The SMILES string of the molecule is CCNC(=NCCNC(=O)C(C)(C)C)N1CCN(C(=O)C2CCCO2)CC1. The van der Waals surface area contributed by atoms with Crippen LogP contribution in [0.5, 0.6) is 0 Å². The number of hydrogen-bond donors (Lipinski definition) is 2. The van der Waals surface area contributed by atoms with Gasteiger partial charge in [0.15, 0.2) is 5.96 Å². The van der Waals surface area contributed by atoms with E-state index in [9.17, 15) is 9.59 Å². The summed E-state index contributed by atoms with van der Waals surface area (Å²) in [6.45, 7) is 13.1. The van der Waals surface area contributed by atoms with Gasteiger partial charge in [-0.3, -0.25) is 14.6 Å². The maximum Gasteiger partial charge on any atom is 0.251 e. The van der Waals surface area contributed by atoms with Crippen LogP contribution >= 0.6 is 0 Å². The van der Waals surface area contributed by atoms with Gasteiger partial charge in [-0.2, -0.15) is 0 Å². The molecule has 0 aromatic carbocycles. The molecule has 27 heavy (non-hydrogen) atoms. The third kappa shape index (κ3) is 6.37. The lowest BCUT2D eigenvalue weighted by atomic mass is 9.96. The van der Waals surface area contributed by atoms with Gasteiger partial charge in [-0.15, -0.1) is 0 Å². The number of amides is 2. The third-order valence-corrected chi connectivity index (χ3v) is 4.77. The maximum atomic E-state index is 12.5. The normalized spacial score (nSPS) is 21.3. The Hall–Kier alpha value is -1.83. The topological polar surface area (TPSA) is 86.3 Å². The van der Waals surface area contributed by atoms with Crippen molar-refractivity contribution >= 4 is 17.8 Å². The van der Waals surface area contributed by atoms with Crippen molar-refractivity contribution in [3.63, 3.8) is 0 Å². The molecule has 2 amide bonds. The average Bonchev–Trinajstić information content (AvgIpc) is 3.17. The number of ether oxygens (including phenoxy) is 1. The van der Waals surface area contributed by atoms with Gasteiger partial charge in [0, 0.05) is 51.3 Å². The first-order chi connectivity index (χ1) is 12.8. The van der Waals surface area contributed by atoms with Gasteiger partial charge in [-0.1, -0.05) is 20.8 Å². The molecule has 1 atom stereocenters.